The molecule has 1 rings (SSSR count). The van der Waals surface area contributed by atoms with Gasteiger partial charge in [-0.05, 0) is 34.5 Å². The van der Waals surface area contributed by atoms with Crippen molar-refractivity contribution in [1.82, 2.24) is 5.32 Å². The fourth-order valence-electron chi connectivity index (χ4n) is 1.54. The van der Waals surface area contributed by atoms with Gasteiger partial charge in [0.2, 0.25) is 5.91 Å². The second kappa shape index (κ2) is 7.10. The van der Waals surface area contributed by atoms with Crippen LogP contribution in [0.15, 0.2) is 16.6 Å². The normalized spacial score (nSPS) is 9.84. The van der Waals surface area contributed by atoms with Gasteiger partial charge in [-0.15, -0.1) is 0 Å². The van der Waals surface area contributed by atoms with E-state index in [1.807, 2.05) is 13.0 Å². The molecule has 0 saturated heterocycles. The van der Waals surface area contributed by atoms with Gasteiger partial charge in [-0.25, -0.2) is 4.39 Å². The van der Waals surface area contributed by atoms with Crippen molar-refractivity contribution in [1.29, 1.82) is 5.26 Å². The van der Waals surface area contributed by atoms with E-state index in [1.165, 1.54) is 17.0 Å². The van der Waals surface area contributed by atoms with Crippen LogP contribution in [0.25, 0.3) is 0 Å². The molecule has 0 fully saturated rings. The lowest BCUT2D eigenvalue weighted by atomic mass is 10.2. The Bertz CT molecular complexity index is 513. The molecule has 0 bridgehead atoms. The Labute approximate surface area is 120 Å². The zero-order valence-electron chi connectivity index (χ0n) is 10.8. The highest BCUT2D eigenvalue weighted by molar-refractivity contribution is 9.10. The van der Waals surface area contributed by atoms with Gasteiger partial charge in [0.05, 0.1) is 22.3 Å². The molecule has 0 aromatic heterocycles. The van der Waals surface area contributed by atoms with E-state index in [9.17, 15) is 9.18 Å². The Morgan fingerprint density at radius 3 is 2.84 bits per heavy atom. The van der Waals surface area contributed by atoms with Crippen LogP contribution < -0.4 is 10.2 Å². The van der Waals surface area contributed by atoms with Crippen LogP contribution in [-0.4, -0.2) is 26.0 Å². The van der Waals surface area contributed by atoms with Gasteiger partial charge in [-0.2, -0.15) is 5.26 Å². The summed E-state index contributed by atoms with van der Waals surface area (Å²) in [6.45, 7) is 2.63. The number of carbonyl (C=O) groups is 1. The van der Waals surface area contributed by atoms with Crippen LogP contribution in [0.5, 0.6) is 0 Å². The largest absolute Gasteiger partial charge is 0.363 e. The number of hydrogen-bond acceptors (Lipinski definition) is 3. The number of nitrogens with zero attached hydrogens (tertiary/aromatic N) is 2. The number of likely N-dealkylation sites (N-methyl/N-ethyl adjacent to an activating group) is 1. The Kier molecular flexibility index (Phi) is 5.77. The third-order valence-corrected chi connectivity index (χ3v) is 3.32. The van der Waals surface area contributed by atoms with E-state index in [2.05, 4.69) is 21.2 Å². The first-order valence-electron chi connectivity index (χ1n) is 5.87. The van der Waals surface area contributed by atoms with Gasteiger partial charge in [0, 0.05) is 13.6 Å². The summed E-state index contributed by atoms with van der Waals surface area (Å²) in [6, 6.07) is 4.89. The Morgan fingerprint density at radius 1 is 1.58 bits per heavy atom. The van der Waals surface area contributed by atoms with Crippen LogP contribution >= 0.6 is 15.9 Å². The van der Waals surface area contributed by atoms with E-state index >= 15 is 0 Å². The second-order valence-corrected chi connectivity index (χ2v) is 4.87. The monoisotopic (exact) mass is 327 g/mol. The summed E-state index contributed by atoms with van der Waals surface area (Å²) in [5.74, 6) is -0.700. The maximum Gasteiger partial charge on any atom is 0.239 e. The highest BCUT2D eigenvalue weighted by atomic mass is 79.9. The molecule has 0 aliphatic rings. The Morgan fingerprint density at radius 2 is 2.26 bits per heavy atom. The SMILES string of the molecule is CCCNC(=O)CN(C)c1ccc(C#N)c(Br)c1F. The van der Waals surface area contributed by atoms with Crippen molar-refractivity contribution in [2.45, 2.75) is 13.3 Å². The smallest absolute Gasteiger partial charge is 0.239 e. The molecule has 1 aromatic carbocycles. The van der Waals surface area contributed by atoms with Gasteiger partial charge in [-0.3, -0.25) is 4.79 Å². The van der Waals surface area contributed by atoms with Crippen molar-refractivity contribution in [2.24, 2.45) is 0 Å². The first-order valence-corrected chi connectivity index (χ1v) is 6.66. The minimum absolute atomic E-state index is 0.0647. The Balaban J connectivity index is 2.84. The molecule has 0 saturated carbocycles. The molecule has 0 heterocycles. The molecule has 4 nitrogen and oxygen atoms in total. The van der Waals surface area contributed by atoms with Crippen LogP contribution in [0.4, 0.5) is 10.1 Å². The predicted octanol–water partition coefficient (Wildman–Crippen LogP) is 2.42. The van der Waals surface area contributed by atoms with Crippen molar-refractivity contribution in [2.75, 3.05) is 25.0 Å². The standard InChI is InChI=1S/C13H15BrFN3O/c1-3-6-17-11(19)8-18(2)10-5-4-9(7-16)12(14)13(10)15/h4-5H,3,6,8H2,1-2H3,(H,17,19). The molecule has 0 atom stereocenters. The van der Waals surface area contributed by atoms with Crippen molar-refractivity contribution in [3.05, 3.63) is 28.0 Å². The van der Waals surface area contributed by atoms with Crippen LogP contribution in [-0.2, 0) is 4.79 Å². The van der Waals surface area contributed by atoms with Crippen LogP contribution in [0.2, 0.25) is 0 Å². The average molecular weight is 328 g/mol. The van der Waals surface area contributed by atoms with E-state index in [0.717, 1.165) is 6.42 Å². The molecule has 6 heteroatoms. The zero-order valence-corrected chi connectivity index (χ0v) is 12.4. The quantitative estimate of drug-likeness (QED) is 0.903. The van der Waals surface area contributed by atoms with Crippen LogP contribution in [0.1, 0.15) is 18.9 Å². The molecular weight excluding hydrogens is 313 g/mol. The van der Waals surface area contributed by atoms with Crippen molar-refractivity contribution in [3.8, 4) is 6.07 Å². The first kappa shape index (κ1) is 15.4. The lowest BCUT2D eigenvalue weighted by Crippen LogP contribution is -2.35. The van der Waals surface area contributed by atoms with Crippen molar-refractivity contribution >= 4 is 27.5 Å². The summed E-state index contributed by atoms with van der Waals surface area (Å²) in [7, 11) is 1.63. The number of anilines is 1. The van der Waals surface area contributed by atoms with Crippen LogP contribution in [0, 0.1) is 17.1 Å². The molecule has 0 spiro atoms. The van der Waals surface area contributed by atoms with Crippen LogP contribution in [0.3, 0.4) is 0 Å². The summed E-state index contributed by atoms with van der Waals surface area (Å²) in [4.78, 5) is 13.1. The first-order chi connectivity index (χ1) is 9.01. The number of halogens is 2. The molecule has 1 aromatic rings. The third kappa shape index (κ3) is 3.93. The molecular formula is C13H15BrFN3O. The molecule has 0 aliphatic carbocycles. The lowest BCUT2D eigenvalue weighted by molar-refractivity contribution is -0.119. The maximum absolute atomic E-state index is 14.0. The number of carbonyl (C=O) groups excluding carboxylic acids is 1. The predicted molar refractivity (Wildman–Crippen MR) is 75.4 cm³/mol. The molecule has 19 heavy (non-hydrogen) atoms. The van der Waals surface area contributed by atoms with E-state index in [-0.39, 0.29) is 28.2 Å². The van der Waals surface area contributed by atoms with E-state index in [0.29, 0.717) is 6.54 Å². The topological polar surface area (TPSA) is 56.1 Å². The zero-order chi connectivity index (χ0) is 14.4. The summed E-state index contributed by atoms with van der Waals surface area (Å²) < 4.78 is 14.1. The summed E-state index contributed by atoms with van der Waals surface area (Å²) in [5, 5.41) is 11.5. The minimum Gasteiger partial charge on any atom is -0.363 e. The summed E-state index contributed by atoms with van der Waals surface area (Å²) in [5.41, 5.74) is 0.502. The van der Waals surface area contributed by atoms with Gasteiger partial charge in [0.25, 0.3) is 0 Å². The van der Waals surface area contributed by atoms with Gasteiger partial charge in [-0.1, -0.05) is 6.92 Å². The number of benzene rings is 1. The maximum atomic E-state index is 14.0. The van der Waals surface area contributed by atoms with Gasteiger partial charge in [0.1, 0.15) is 6.07 Å². The third-order valence-electron chi connectivity index (χ3n) is 2.55. The number of rotatable bonds is 5. The highest BCUT2D eigenvalue weighted by Gasteiger charge is 2.15. The second-order valence-electron chi connectivity index (χ2n) is 4.08. The molecule has 102 valence electrons. The van der Waals surface area contributed by atoms with Gasteiger partial charge >= 0.3 is 0 Å². The van der Waals surface area contributed by atoms with Gasteiger partial charge < -0.3 is 10.2 Å². The van der Waals surface area contributed by atoms with E-state index in [4.69, 9.17) is 5.26 Å². The molecule has 1 amide bonds. The lowest BCUT2D eigenvalue weighted by Gasteiger charge is -2.20. The van der Waals surface area contributed by atoms with E-state index < -0.39 is 5.82 Å². The van der Waals surface area contributed by atoms with Crippen molar-refractivity contribution < 1.29 is 9.18 Å². The van der Waals surface area contributed by atoms with Gasteiger partial charge in [0.15, 0.2) is 5.82 Å². The molecule has 0 radical (unpaired) electrons. The molecule has 0 aliphatic heterocycles. The number of hydrogen-bond donors (Lipinski definition) is 1. The fraction of sp³-hybridized carbons (Fsp3) is 0.385. The van der Waals surface area contributed by atoms with Crippen molar-refractivity contribution in [3.63, 3.8) is 0 Å². The minimum atomic E-state index is -0.537. The van der Waals surface area contributed by atoms with E-state index in [1.54, 1.807) is 7.05 Å². The number of amides is 1. The Hall–Kier alpha value is -1.61. The average Bonchev–Trinajstić information content (AvgIpc) is 2.39. The summed E-state index contributed by atoms with van der Waals surface area (Å²) >= 11 is 3.04. The highest BCUT2D eigenvalue weighted by Crippen LogP contribution is 2.28. The molecule has 0 unspecified atom stereocenters. The number of nitrogens with one attached hydrogen (secondary N) is 1. The number of nitriles is 1. The summed E-state index contributed by atoms with van der Waals surface area (Å²) in [6.07, 6.45) is 0.853. The fourth-order valence-corrected chi connectivity index (χ4v) is 1.97. The molecule has 1 N–H and O–H groups in total.